The number of nitrogens with two attached hydrogens (primary N) is 1. The molecule has 6 amide bonds. The van der Waals surface area contributed by atoms with Gasteiger partial charge < -0.3 is 74.4 Å². The van der Waals surface area contributed by atoms with Crippen LogP contribution >= 0.6 is 12.6 Å². The number of thiol groups is 1. The third kappa shape index (κ3) is 25.6. The Morgan fingerprint density at radius 1 is 0.692 bits per heavy atom. The molecule has 0 aromatic heterocycles. The van der Waals surface area contributed by atoms with Crippen molar-refractivity contribution < 1.29 is 43.8 Å². The largest absolute Gasteiger partial charge is 0.508 e. The highest BCUT2D eigenvalue weighted by molar-refractivity contribution is 7.80. The van der Waals surface area contributed by atoms with Gasteiger partial charge in [-0.25, -0.2) is 0 Å². The first kappa shape index (κ1) is 56.5. The smallest absolute Gasteiger partial charge is 0.303 e. The average Bonchev–Trinajstić information content (AvgIpc) is 3.25. The monoisotopic (exact) mass is 937 g/mol. The van der Waals surface area contributed by atoms with E-state index in [1.54, 1.807) is 12.1 Å². The Hall–Kier alpha value is -4.58. The highest BCUT2D eigenvalue weighted by Gasteiger charge is 2.32. The molecule has 1 aliphatic rings. The number of nitrogens with one attached hydrogen (secondary N) is 11. The molecule has 1 saturated heterocycles. The topological polar surface area (TPSA) is 318 Å². The maximum absolute atomic E-state index is 13.6. The number of rotatable bonds is 28. The van der Waals surface area contributed by atoms with E-state index in [-0.39, 0.29) is 80.6 Å². The molecule has 368 valence electrons. The van der Waals surface area contributed by atoms with Crippen molar-refractivity contribution in [1.29, 1.82) is 0 Å². The van der Waals surface area contributed by atoms with Gasteiger partial charge in [0.25, 0.3) is 0 Å². The molecule has 65 heavy (non-hydrogen) atoms. The standard InChI is InChI=1S/C43H76N12O9S/c1-42(54-37(59)11-7-12-39(61)62)26-46-20-22-49-29-43(28-48-19-18-45-2,30-50-23-21-47-27-42)55-38(60)10-6-9-36(58)52-33(24-31-13-15-32(56)16-14-31)41(64)51-17-5-3-4-8-35(57)53-34(25-65)40(44)63/h13-16,33-34,45-50,56,65H,3-12,17-30H2,1-2H3,(H2,44,63)(H,51,64)(H,52,58)(H,53,57)(H,54,59)(H,55,60)(H,61,62)/t33-,34-,42?,43?/m0/s1. The van der Waals surface area contributed by atoms with Crippen LogP contribution in [0.25, 0.3) is 0 Å². The fourth-order valence-electron chi connectivity index (χ4n) is 7.06. The normalized spacial score (nSPS) is 19.4. The van der Waals surface area contributed by atoms with Crippen LogP contribution in [-0.2, 0) is 40.0 Å². The van der Waals surface area contributed by atoms with Gasteiger partial charge >= 0.3 is 5.97 Å². The Kier molecular flexibility index (Phi) is 28.0. The number of carbonyl (C=O) groups excluding carboxylic acids is 6. The summed E-state index contributed by atoms with van der Waals surface area (Å²) in [4.78, 5) is 87.2. The van der Waals surface area contributed by atoms with E-state index >= 15 is 0 Å². The number of likely N-dealkylation sites (N-methyl/N-ethyl adjacent to an activating group) is 1. The lowest BCUT2D eigenvalue weighted by Crippen LogP contribution is -2.66. The van der Waals surface area contributed by atoms with Crippen molar-refractivity contribution in [3.8, 4) is 5.75 Å². The van der Waals surface area contributed by atoms with E-state index in [9.17, 15) is 38.7 Å². The van der Waals surface area contributed by atoms with E-state index in [2.05, 4.69) is 71.1 Å². The molecule has 1 aromatic carbocycles. The fraction of sp³-hybridized carbons (Fsp3) is 0.698. The number of aliphatic carboxylic acids is 1. The second-order valence-corrected chi connectivity index (χ2v) is 17.2. The van der Waals surface area contributed by atoms with Crippen LogP contribution in [0.1, 0.15) is 76.7 Å². The molecular weight excluding hydrogens is 861 g/mol. The second kappa shape index (κ2) is 32.2. The first-order valence-corrected chi connectivity index (χ1v) is 23.3. The third-order valence-corrected chi connectivity index (χ3v) is 11.0. The molecule has 0 unspecified atom stereocenters. The van der Waals surface area contributed by atoms with Crippen molar-refractivity contribution in [1.82, 2.24) is 58.5 Å². The number of carboxylic acid groups (broad SMARTS) is 1. The third-order valence-electron chi connectivity index (χ3n) is 10.6. The number of aromatic hydroxyl groups is 1. The second-order valence-electron chi connectivity index (χ2n) is 16.8. The summed E-state index contributed by atoms with van der Waals surface area (Å²) in [5, 5.41) is 53.5. The van der Waals surface area contributed by atoms with Gasteiger partial charge in [0, 0.05) is 123 Å². The lowest BCUT2D eigenvalue weighted by Gasteiger charge is -2.37. The van der Waals surface area contributed by atoms with Gasteiger partial charge in [-0.2, -0.15) is 12.6 Å². The number of carbonyl (C=O) groups is 7. The lowest BCUT2D eigenvalue weighted by molar-refractivity contribution is -0.137. The van der Waals surface area contributed by atoms with Crippen molar-refractivity contribution in [2.75, 3.05) is 91.3 Å². The molecule has 21 nitrogen and oxygen atoms in total. The molecule has 1 aromatic rings. The number of carboxylic acids is 1. The van der Waals surface area contributed by atoms with Gasteiger partial charge in [-0.3, -0.25) is 33.6 Å². The summed E-state index contributed by atoms with van der Waals surface area (Å²) in [7, 11) is 1.86. The summed E-state index contributed by atoms with van der Waals surface area (Å²) >= 11 is 4.03. The minimum Gasteiger partial charge on any atom is -0.508 e. The summed E-state index contributed by atoms with van der Waals surface area (Å²) in [5.74, 6) is -2.94. The Balaban J connectivity index is 1.97. The summed E-state index contributed by atoms with van der Waals surface area (Å²) in [5.41, 5.74) is 4.65. The fourth-order valence-corrected chi connectivity index (χ4v) is 7.33. The van der Waals surface area contributed by atoms with Gasteiger partial charge in [0.05, 0.1) is 11.1 Å². The molecule has 1 heterocycles. The Morgan fingerprint density at radius 3 is 1.80 bits per heavy atom. The predicted octanol–water partition coefficient (Wildman–Crippen LogP) is -2.67. The minimum atomic E-state index is -0.933. The first-order chi connectivity index (χ1) is 31.1. The van der Waals surface area contributed by atoms with E-state index in [0.29, 0.717) is 91.3 Å². The van der Waals surface area contributed by atoms with Gasteiger partial charge in [-0.1, -0.05) is 18.6 Å². The van der Waals surface area contributed by atoms with Crippen LogP contribution in [0.4, 0.5) is 0 Å². The number of benzene rings is 1. The lowest BCUT2D eigenvalue weighted by atomic mass is 9.97. The first-order valence-electron chi connectivity index (χ1n) is 22.7. The van der Waals surface area contributed by atoms with Gasteiger partial charge in [-0.05, 0) is 57.4 Å². The Labute approximate surface area is 388 Å². The number of phenolic OH excluding ortho intramolecular Hbond substituents is 1. The molecular formula is C43H76N12O9S. The summed E-state index contributed by atoms with van der Waals surface area (Å²) in [6.45, 7) is 8.23. The maximum atomic E-state index is 13.6. The van der Waals surface area contributed by atoms with Gasteiger partial charge in [0.15, 0.2) is 0 Å². The zero-order valence-electron chi connectivity index (χ0n) is 38.2. The predicted molar refractivity (Wildman–Crippen MR) is 251 cm³/mol. The number of hydrogen-bond donors (Lipinski definition) is 15. The van der Waals surface area contributed by atoms with Crippen molar-refractivity contribution in [3.05, 3.63) is 29.8 Å². The van der Waals surface area contributed by atoms with Crippen LogP contribution in [-0.4, -0.2) is 166 Å². The molecule has 0 aliphatic carbocycles. The molecule has 15 N–H and O–H groups in total. The van der Waals surface area contributed by atoms with Crippen molar-refractivity contribution in [2.45, 2.75) is 101 Å². The maximum Gasteiger partial charge on any atom is 0.303 e. The molecule has 1 aliphatic heterocycles. The van der Waals surface area contributed by atoms with Gasteiger partial charge in [0.2, 0.25) is 35.4 Å². The van der Waals surface area contributed by atoms with Gasteiger partial charge in [-0.15, -0.1) is 0 Å². The van der Waals surface area contributed by atoms with Crippen LogP contribution in [0, 0.1) is 0 Å². The van der Waals surface area contributed by atoms with Crippen molar-refractivity contribution in [3.63, 3.8) is 0 Å². The quantitative estimate of drug-likeness (QED) is 0.0301. The van der Waals surface area contributed by atoms with Gasteiger partial charge in [0.1, 0.15) is 17.8 Å². The van der Waals surface area contributed by atoms with Crippen LogP contribution in [0.2, 0.25) is 0 Å². The van der Waals surface area contributed by atoms with E-state index in [0.717, 1.165) is 12.1 Å². The van der Waals surface area contributed by atoms with E-state index in [1.165, 1.54) is 12.1 Å². The number of phenols is 1. The Bertz CT molecular complexity index is 1610. The van der Waals surface area contributed by atoms with E-state index in [1.807, 2.05) is 14.0 Å². The number of unbranched alkanes of at least 4 members (excludes halogenated alkanes) is 2. The SMILES string of the molecule is CNCCNCC1(NC(=O)CCCC(=O)N[C@@H](Cc2ccc(O)cc2)C(=O)NCCCCCC(=O)N[C@@H](CS)C(N)=O)CNCCNCC(C)(NC(=O)CCCC(=O)O)CNCCNC1. The van der Waals surface area contributed by atoms with Crippen molar-refractivity contribution in [2.24, 2.45) is 5.73 Å². The molecule has 2 rings (SSSR count). The van der Waals surface area contributed by atoms with E-state index < -0.39 is 46.9 Å². The molecule has 1 fully saturated rings. The van der Waals surface area contributed by atoms with Crippen LogP contribution < -0.4 is 64.2 Å². The van der Waals surface area contributed by atoms with E-state index in [4.69, 9.17) is 10.8 Å². The molecule has 0 saturated carbocycles. The number of amides is 6. The van der Waals surface area contributed by atoms with Crippen LogP contribution in [0.3, 0.4) is 0 Å². The summed E-state index contributed by atoms with van der Waals surface area (Å²) < 4.78 is 0. The summed E-state index contributed by atoms with van der Waals surface area (Å²) in [6, 6.07) is 4.60. The highest BCUT2D eigenvalue weighted by atomic mass is 32.1. The van der Waals surface area contributed by atoms with Crippen LogP contribution in [0.15, 0.2) is 24.3 Å². The summed E-state index contributed by atoms with van der Waals surface area (Å²) in [6.07, 6.45) is 2.73. The van der Waals surface area contributed by atoms with Crippen molar-refractivity contribution >= 4 is 54.0 Å². The zero-order chi connectivity index (χ0) is 47.9. The molecule has 22 heteroatoms. The Morgan fingerprint density at radius 2 is 1.23 bits per heavy atom. The highest BCUT2D eigenvalue weighted by Crippen LogP contribution is 2.13. The molecule has 2 atom stereocenters. The number of hydrogen-bond acceptors (Lipinski definition) is 15. The average molecular weight is 937 g/mol. The minimum absolute atomic E-state index is 0.00162. The molecule has 0 bridgehead atoms. The van der Waals surface area contributed by atoms with Crippen LogP contribution in [0.5, 0.6) is 5.75 Å². The zero-order valence-corrected chi connectivity index (χ0v) is 39.1. The molecule has 0 spiro atoms. The number of primary amides is 1. The molecule has 0 radical (unpaired) electrons.